The normalized spacial score (nSPS) is 9.96. The fourth-order valence-corrected chi connectivity index (χ4v) is 1.76. The Bertz CT molecular complexity index is 588. The molecule has 0 fully saturated rings. The lowest BCUT2D eigenvalue weighted by atomic mass is 10.1. The van der Waals surface area contributed by atoms with Crippen LogP contribution in [-0.2, 0) is 25.7 Å². The molecule has 0 radical (unpaired) electrons. The first-order valence-electron chi connectivity index (χ1n) is 7.40. The molecular weight excluding hydrogens is 316 g/mol. The zero-order valence-corrected chi connectivity index (χ0v) is 14.0. The van der Waals surface area contributed by atoms with E-state index in [9.17, 15) is 14.4 Å². The van der Waals surface area contributed by atoms with Crippen molar-refractivity contribution < 1.29 is 28.6 Å². The van der Waals surface area contributed by atoms with Crippen LogP contribution in [0.3, 0.4) is 0 Å². The Morgan fingerprint density at radius 1 is 1.17 bits per heavy atom. The third kappa shape index (κ3) is 6.25. The molecule has 0 atom stereocenters. The molecule has 0 aliphatic carbocycles. The van der Waals surface area contributed by atoms with Crippen LogP contribution in [0.2, 0.25) is 0 Å². The van der Waals surface area contributed by atoms with E-state index >= 15 is 0 Å². The van der Waals surface area contributed by atoms with Gasteiger partial charge in [-0.3, -0.25) is 9.59 Å². The van der Waals surface area contributed by atoms with Crippen LogP contribution in [0.25, 0.3) is 0 Å². The number of benzene rings is 1. The first-order valence-corrected chi connectivity index (χ1v) is 7.40. The molecule has 0 aliphatic heterocycles. The van der Waals surface area contributed by atoms with Gasteiger partial charge in [-0.1, -0.05) is 0 Å². The van der Waals surface area contributed by atoms with Gasteiger partial charge in [0.05, 0.1) is 25.8 Å². The Kier molecular flexibility index (Phi) is 8.28. The maximum Gasteiger partial charge on any atom is 0.338 e. The molecule has 2 N–H and O–H groups in total. The molecule has 0 spiro atoms. The number of carbonyl (C=O) groups excluding carboxylic acids is 3. The summed E-state index contributed by atoms with van der Waals surface area (Å²) in [6.07, 6.45) is 0. The molecule has 8 heteroatoms. The fraction of sp³-hybridized carbons (Fsp3) is 0.438. The Labute approximate surface area is 140 Å². The van der Waals surface area contributed by atoms with E-state index in [2.05, 4.69) is 10.6 Å². The van der Waals surface area contributed by atoms with Crippen LogP contribution in [0.1, 0.15) is 22.8 Å². The molecule has 0 aliphatic rings. The summed E-state index contributed by atoms with van der Waals surface area (Å²) in [6, 6.07) is 4.77. The van der Waals surface area contributed by atoms with Crippen LogP contribution < -0.4 is 15.4 Å². The van der Waals surface area contributed by atoms with Crippen LogP contribution >= 0.6 is 0 Å². The lowest BCUT2D eigenvalue weighted by Crippen LogP contribution is -2.37. The Hall–Kier alpha value is -2.61. The van der Waals surface area contributed by atoms with Crippen molar-refractivity contribution in [2.24, 2.45) is 0 Å². The SMILES string of the molecule is CCOCc1cc(C(=O)OCC(=O)NCC(=O)NC)ccc1OC. The first kappa shape index (κ1) is 19.4. The number of amides is 2. The lowest BCUT2D eigenvalue weighted by molar-refractivity contribution is -0.127. The Morgan fingerprint density at radius 2 is 1.92 bits per heavy atom. The smallest absolute Gasteiger partial charge is 0.338 e. The number of carbonyl (C=O) groups is 3. The van der Waals surface area contributed by atoms with E-state index in [4.69, 9.17) is 14.2 Å². The van der Waals surface area contributed by atoms with Gasteiger partial charge in [-0.05, 0) is 25.1 Å². The monoisotopic (exact) mass is 338 g/mol. The van der Waals surface area contributed by atoms with Crippen molar-refractivity contribution in [1.82, 2.24) is 10.6 Å². The molecule has 1 rings (SSSR count). The number of rotatable bonds is 9. The largest absolute Gasteiger partial charge is 0.496 e. The van der Waals surface area contributed by atoms with E-state index in [-0.39, 0.29) is 18.0 Å². The number of likely N-dealkylation sites (N-methyl/N-ethyl adjacent to an activating group) is 1. The lowest BCUT2D eigenvalue weighted by Gasteiger charge is -2.11. The summed E-state index contributed by atoms with van der Waals surface area (Å²) >= 11 is 0. The number of ether oxygens (including phenoxy) is 3. The Balaban J connectivity index is 2.60. The molecular formula is C16H22N2O6. The molecule has 8 nitrogen and oxygen atoms in total. The summed E-state index contributed by atoms with van der Waals surface area (Å²) in [4.78, 5) is 34.5. The second kappa shape index (κ2) is 10.2. The van der Waals surface area contributed by atoms with Gasteiger partial charge in [-0.25, -0.2) is 4.79 Å². The molecule has 0 unspecified atom stereocenters. The number of hydrogen-bond donors (Lipinski definition) is 2. The van der Waals surface area contributed by atoms with E-state index in [0.29, 0.717) is 24.5 Å². The van der Waals surface area contributed by atoms with Crippen LogP contribution in [0.4, 0.5) is 0 Å². The van der Waals surface area contributed by atoms with Gasteiger partial charge in [0.2, 0.25) is 5.91 Å². The summed E-state index contributed by atoms with van der Waals surface area (Å²) in [5, 5.41) is 4.69. The maximum atomic E-state index is 12.0. The van der Waals surface area contributed by atoms with Gasteiger partial charge in [-0.2, -0.15) is 0 Å². The highest BCUT2D eigenvalue weighted by atomic mass is 16.5. The van der Waals surface area contributed by atoms with Crippen molar-refractivity contribution in [2.45, 2.75) is 13.5 Å². The van der Waals surface area contributed by atoms with Gasteiger partial charge in [0.1, 0.15) is 5.75 Å². The highest BCUT2D eigenvalue weighted by Crippen LogP contribution is 2.21. The average molecular weight is 338 g/mol. The molecule has 0 aromatic heterocycles. The van der Waals surface area contributed by atoms with Gasteiger partial charge in [0.15, 0.2) is 6.61 Å². The van der Waals surface area contributed by atoms with Gasteiger partial charge in [0, 0.05) is 19.2 Å². The highest BCUT2D eigenvalue weighted by molar-refractivity contribution is 5.92. The van der Waals surface area contributed by atoms with E-state index in [1.165, 1.54) is 14.2 Å². The topological polar surface area (TPSA) is 103 Å². The summed E-state index contributed by atoms with van der Waals surface area (Å²) in [5.41, 5.74) is 0.988. The van der Waals surface area contributed by atoms with Gasteiger partial charge < -0.3 is 24.8 Å². The zero-order chi connectivity index (χ0) is 17.9. The van der Waals surface area contributed by atoms with E-state index in [1.54, 1.807) is 18.2 Å². The van der Waals surface area contributed by atoms with Crippen LogP contribution in [0.15, 0.2) is 18.2 Å². The highest BCUT2D eigenvalue weighted by Gasteiger charge is 2.13. The third-order valence-corrected chi connectivity index (χ3v) is 3.04. The summed E-state index contributed by atoms with van der Waals surface area (Å²) < 4.78 is 15.5. The first-order chi connectivity index (χ1) is 11.5. The minimum atomic E-state index is -0.648. The number of esters is 1. The van der Waals surface area contributed by atoms with Crippen LogP contribution in [0.5, 0.6) is 5.75 Å². The van der Waals surface area contributed by atoms with Gasteiger partial charge in [0.25, 0.3) is 5.91 Å². The maximum absolute atomic E-state index is 12.0. The predicted molar refractivity (Wildman–Crippen MR) is 85.7 cm³/mol. The van der Waals surface area contributed by atoms with Crippen molar-refractivity contribution in [2.75, 3.05) is 33.9 Å². The molecule has 24 heavy (non-hydrogen) atoms. The van der Waals surface area contributed by atoms with Crippen LogP contribution in [-0.4, -0.2) is 51.7 Å². The molecule has 0 saturated carbocycles. The minimum absolute atomic E-state index is 0.173. The molecule has 132 valence electrons. The molecule has 0 heterocycles. The van der Waals surface area contributed by atoms with E-state index in [1.807, 2.05) is 6.92 Å². The summed E-state index contributed by atoms with van der Waals surface area (Å²) in [6.45, 7) is 2.05. The van der Waals surface area contributed by atoms with Gasteiger partial charge in [-0.15, -0.1) is 0 Å². The second-order valence-corrected chi connectivity index (χ2v) is 4.69. The molecule has 0 saturated heterocycles. The van der Waals surface area contributed by atoms with Gasteiger partial charge >= 0.3 is 5.97 Å². The Morgan fingerprint density at radius 3 is 2.54 bits per heavy atom. The number of hydrogen-bond acceptors (Lipinski definition) is 6. The van der Waals surface area contributed by atoms with Crippen molar-refractivity contribution in [3.63, 3.8) is 0 Å². The van der Waals surface area contributed by atoms with E-state index < -0.39 is 18.5 Å². The van der Waals surface area contributed by atoms with Crippen molar-refractivity contribution in [3.8, 4) is 5.75 Å². The summed E-state index contributed by atoms with van der Waals surface area (Å²) in [7, 11) is 2.98. The van der Waals surface area contributed by atoms with Crippen molar-refractivity contribution >= 4 is 17.8 Å². The summed E-state index contributed by atoms with van der Waals surface area (Å²) in [5.74, 6) is -0.950. The predicted octanol–water partition coefficient (Wildman–Crippen LogP) is 0.251. The molecule has 0 bridgehead atoms. The minimum Gasteiger partial charge on any atom is -0.496 e. The van der Waals surface area contributed by atoms with Crippen molar-refractivity contribution in [3.05, 3.63) is 29.3 Å². The van der Waals surface area contributed by atoms with Crippen molar-refractivity contribution in [1.29, 1.82) is 0 Å². The zero-order valence-electron chi connectivity index (χ0n) is 14.0. The fourth-order valence-electron chi connectivity index (χ4n) is 1.76. The standard InChI is InChI=1S/C16H22N2O6/c1-4-23-9-12-7-11(5-6-13(12)22-3)16(21)24-10-15(20)18-8-14(19)17-2/h5-7H,4,8-10H2,1-3H3,(H,17,19)(H,18,20). The second-order valence-electron chi connectivity index (χ2n) is 4.69. The quantitative estimate of drug-likeness (QED) is 0.626. The number of methoxy groups -OCH3 is 1. The third-order valence-electron chi connectivity index (χ3n) is 3.04. The molecule has 1 aromatic carbocycles. The average Bonchev–Trinajstić information content (AvgIpc) is 2.61. The molecule has 1 aromatic rings. The number of nitrogens with one attached hydrogen (secondary N) is 2. The van der Waals surface area contributed by atoms with Crippen LogP contribution in [0, 0.1) is 0 Å². The molecule has 2 amide bonds. The van der Waals surface area contributed by atoms with E-state index in [0.717, 1.165) is 0 Å².